The van der Waals surface area contributed by atoms with Crippen molar-refractivity contribution in [2.45, 2.75) is 0 Å². The Kier molecular flexibility index (Phi) is 7.05. The average molecular weight is 565 g/mol. The van der Waals surface area contributed by atoms with Crippen molar-refractivity contribution in [1.29, 1.82) is 0 Å². The molecule has 0 bridgehead atoms. The number of hydrogen-bond donors (Lipinski definition) is 0. The number of rotatable bonds is 6. The van der Waals surface area contributed by atoms with Crippen molar-refractivity contribution in [2.24, 2.45) is 13.5 Å². The molecule has 7 heteroatoms. The second-order valence-corrected chi connectivity index (χ2v) is 18.5. The molecule has 0 aliphatic carbocycles. The van der Waals surface area contributed by atoms with Crippen LogP contribution >= 0.6 is 21.8 Å². The molecule has 0 spiro atoms. The molecule has 0 radical (unpaired) electrons. The third-order valence-electron chi connectivity index (χ3n) is 7.02. The van der Waals surface area contributed by atoms with Crippen LogP contribution in [0.25, 0.3) is 0 Å². The van der Waals surface area contributed by atoms with Crippen molar-refractivity contribution in [3.05, 3.63) is 152 Å². The Morgan fingerprint density at radius 3 is 1.08 bits per heavy atom. The predicted octanol–water partition coefficient (Wildman–Crippen LogP) is 8.33. The first-order valence-electron chi connectivity index (χ1n) is 13.0. The van der Waals surface area contributed by atoms with Crippen LogP contribution in [0.5, 0.6) is 0 Å². The maximum atomic E-state index is 5.99. The van der Waals surface area contributed by atoms with Gasteiger partial charge in [-0.25, -0.2) is 13.5 Å². The Morgan fingerprint density at radius 1 is 0.410 bits per heavy atom. The van der Waals surface area contributed by atoms with Crippen LogP contribution in [-0.2, 0) is 0 Å². The molecule has 0 saturated heterocycles. The quantitative estimate of drug-likeness (QED) is 0.191. The smallest absolute Gasteiger partial charge is 0.167 e. The van der Waals surface area contributed by atoms with Crippen LogP contribution in [0.1, 0.15) is 0 Å². The van der Waals surface area contributed by atoms with E-state index in [-0.39, 0.29) is 0 Å². The standard InChI is InChI=1S/C32H31N4P3/c1-36(28-18-8-3-9-19-28)37(2)33-38(29-20-10-4-11-21-29,30-22-12-5-13-23-30)35-39(34-37,31-24-14-6-15-25-31)32-26-16-7-17-27-32/h3-27H,1-2H3. The lowest BCUT2D eigenvalue weighted by Gasteiger charge is -2.40. The van der Waals surface area contributed by atoms with Crippen molar-refractivity contribution >= 4 is 48.7 Å². The van der Waals surface area contributed by atoms with Gasteiger partial charge in [-0.15, -0.1) is 0 Å². The molecule has 39 heavy (non-hydrogen) atoms. The van der Waals surface area contributed by atoms with E-state index >= 15 is 0 Å². The molecule has 4 nitrogen and oxygen atoms in total. The minimum Gasteiger partial charge on any atom is -0.325 e. The molecular formula is C32H31N4P3. The fourth-order valence-corrected chi connectivity index (χ4v) is 19.6. The first-order chi connectivity index (χ1) is 19.1. The first-order valence-corrected chi connectivity index (χ1v) is 18.4. The molecule has 1 aliphatic heterocycles. The van der Waals surface area contributed by atoms with Crippen molar-refractivity contribution in [3.8, 4) is 0 Å². The van der Waals surface area contributed by atoms with E-state index < -0.39 is 21.8 Å². The van der Waals surface area contributed by atoms with Gasteiger partial charge in [0.15, 0.2) is 7.36 Å². The van der Waals surface area contributed by atoms with Gasteiger partial charge in [0.25, 0.3) is 0 Å². The minimum atomic E-state index is -2.63. The van der Waals surface area contributed by atoms with Gasteiger partial charge in [-0.2, -0.15) is 0 Å². The van der Waals surface area contributed by atoms with Gasteiger partial charge in [0, 0.05) is 40.6 Å². The molecule has 0 amide bonds. The van der Waals surface area contributed by atoms with E-state index in [0.29, 0.717) is 0 Å². The van der Waals surface area contributed by atoms with E-state index in [0.717, 1.165) is 26.9 Å². The molecule has 5 aromatic rings. The van der Waals surface area contributed by atoms with Crippen molar-refractivity contribution in [2.75, 3.05) is 18.4 Å². The highest BCUT2D eigenvalue weighted by atomic mass is 31.3. The Morgan fingerprint density at radius 2 is 0.718 bits per heavy atom. The lowest BCUT2D eigenvalue weighted by Crippen LogP contribution is -2.23. The van der Waals surface area contributed by atoms with Crippen molar-refractivity contribution in [3.63, 3.8) is 0 Å². The van der Waals surface area contributed by atoms with Gasteiger partial charge in [0.05, 0.1) is 0 Å². The summed E-state index contributed by atoms with van der Waals surface area (Å²) in [6.45, 7) is 2.26. The first kappa shape index (κ1) is 25.8. The van der Waals surface area contributed by atoms with E-state index in [2.05, 4.69) is 170 Å². The topological polar surface area (TPSA) is 40.3 Å². The summed E-state index contributed by atoms with van der Waals surface area (Å²) in [5.41, 5.74) is 1.11. The van der Waals surface area contributed by atoms with E-state index in [1.54, 1.807) is 0 Å². The normalized spacial score (nSPS) is 19.1. The summed E-state index contributed by atoms with van der Waals surface area (Å²) in [4.78, 5) is 0. The fourth-order valence-electron chi connectivity index (χ4n) is 4.97. The van der Waals surface area contributed by atoms with Crippen LogP contribution in [0, 0.1) is 0 Å². The summed E-state index contributed by atoms with van der Waals surface area (Å²) in [7, 11) is -5.60. The van der Waals surface area contributed by atoms with Crippen LogP contribution in [0.4, 0.5) is 5.69 Å². The maximum Gasteiger partial charge on any atom is 0.167 e. The SMILES string of the molecule is CN(c1ccccc1)P1(C)=NP(c2ccccc2)(c2ccccc2)=NP(c2ccccc2)(c2ccccc2)=N1. The molecule has 0 fully saturated rings. The van der Waals surface area contributed by atoms with Crippen LogP contribution in [0.15, 0.2) is 165 Å². The lowest BCUT2D eigenvalue weighted by atomic mass is 10.3. The number of anilines is 1. The third-order valence-corrected chi connectivity index (χ3v) is 19.3. The zero-order chi connectivity index (χ0) is 26.8. The second kappa shape index (κ2) is 10.6. The van der Waals surface area contributed by atoms with E-state index in [1.165, 1.54) is 0 Å². The van der Waals surface area contributed by atoms with E-state index in [4.69, 9.17) is 13.5 Å². The number of hydrogen-bond acceptors (Lipinski definition) is 4. The molecule has 0 saturated carbocycles. The fraction of sp³-hybridized carbons (Fsp3) is 0.0625. The van der Waals surface area contributed by atoms with Gasteiger partial charge in [0.2, 0.25) is 0 Å². The predicted molar refractivity (Wildman–Crippen MR) is 173 cm³/mol. The zero-order valence-corrected chi connectivity index (χ0v) is 24.7. The van der Waals surface area contributed by atoms with Gasteiger partial charge in [-0.1, -0.05) is 140 Å². The highest BCUT2D eigenvalue weighted by Gasteiger charge is 2.40. The summed E-state index contributed by atoms with van der Waals surface area (Å²) >= 11 is 0. The van der Waals surface area contributed by atoms with Gasteiger partial charge in [-0.3, -0.25) is 0 Å². The molecule has 1 heterocycles. The number of nitrogens with zero attached hydrogens (tertiary/aromatic N) is 4. The Bertz CT molecular complexity index is 1570. The summed E-state index contributed by atoms with van der Waals surface area (Å²) < 4.78 is 20.0. The molecule has 1 atom stereocenters. The maximum absolute atomic E-state index is 5.99. The van der Waals surface area contributed by atoms with Gasteiger partial charge in [-0.05, 0) is 12.1 Å². The summed E-state index contributed by atoms with van der Waals surface area (Å²) in [6, 6.07) is 53.3. The van der Waals surface area contributed by atoms with Crippen LogP contribution in [-0.4, -0.2) is 13.7 Å². The van der Waals surface area contributed by atoms with Crippen LogP contribution < -0.4 is 25.9 Å². The van der Waals surface area contributed by atoms with Crippen LogP contribution in [0.2, 0.25) is 0 Å². The highest BCUT2D eigenvalue weighted by Crippen LogP contribution is 2.76. The lowest BCUT2D eigenvalue weighted by molar-refractivity contribution is 1.30. The Labute approximate surface area is 231 Å². The molecule has 1 aliphatic rings. The van der Waals surface area contributed by atoms with E-state index in [1.807, 2.05) is 0 Å². The van der Waals surface area contributed by atoms with Gasteiger partial charge >= 0.3 is 0 Å². The van der Waals surface area contributed by atoms with Gasteiger partial charge < -0.3 is 4.67 Å². The molecule has 0 aromatic heterocycles. The second-order valence-electron chi connectivity index (χ2n) is 9.54. The number of benzene rings is 5. The van der Waals surface area contributed by atoms with Gasteiger partial charge in [0.1, 0.15) is 14.4 Å². The third kappa shape index (κ3) is 4.68. The Hall–Kier alpha value is -3.41. The van der Waals surface area contributed by atoms with Crippen molar-refractivity contribution in [1.82, 2.24) is 0 Å². The summed E-state index contributed by atoms with van der Waals surface area (Å²) in [6.07, 6.45) is 0. The molecular weight excluding hydrogens is 533 g/mol. The largest absolute Gasteiger partial charge is 0.325 e. The number of para-hydroxylation sites is 1. The molecule has 194 valence electrons. The zero-order valence-electron chi connectivity index (χ0n) is 22.1. The molecule has 0 N–H and O–H groups in total. The summed E-state index contributed by atoms with van der Waals surface area (Å²) in [5, 5.41) is 4.65. The summed E-state index contributed by atoms with van der Waals surface area (Å²) in [5.74, 6) is 0. The van der Waals surface area contributed by atoms with Crippen LogP contribution in [0.3, 0.4) is 0 Å². The molecule has 1 unspecified atom stereocenters. The minimum absolute atomic E-state index is 1.11. The van der Waals surface area contributed by atoms with E-state index in [9.17, 15) is 0 Å². The van der Waals surface area contributed by atoms with Crippen molar-refractivity contribution < 1.29 is 0 Å². The molecule has 6 rings (SSSR count). The Balaban J connectivity index is 1.83. The average Bonchev–Trinajstić information content (AvgIpc) is 3.02. The monoisotopic (exact) mass is 564 g/mol. The highest BCUT2D eigenvalue weighted by molar-refractivity contribution is 7.97. The molecule has 5 aromatic carbocycles.